The SMILES string of the molecule is CCNc1cc2oc3cc(=[NH+]CC)c(C)cc-3c(-c3ccc(C(=O)NC(Cc4ccc(C#CCNC(=O)c5ccc(-c6c7ccc(=O)cc-7oc7cc(O)ccc67)c(C(=O)O)c5)cc4)C(=O)NCCCCCC(=O)NCC#Cc4nc5c(O)nc(N)nc5n4[C@H]4CC[C@@H](OP(=O)(O)OP(=O)(O)OP(=O)(O)O)O4)cc3C(=O)O)c2cc1C. The van der Waals surface area contributed by atoms with Crippen LogP contribution in [0, 0.1) is 37.5 Å². The average Bonchev–Trinajstić information content (AvgIpc) is 0.822. The zero-order chi connectivity index (χ0) is 83.1. The summed E-state index contributed by atoms with van der Waals surface area (Å²) in [5.41, 5.74) is 11.5. The van der Waals surface area contributed by atoms with Crippen molar-refractivity contribution < 1.29 is 114 Å². The number of anilines is 2. The van der Waals surface area contributed by atoms with E-state index in [0.29, 0.717) is 93.4 Å². The molecule has 5 atom stereocenters. The molecule has 3 unspecified atom stereocenters. The molecule has 1 saturated heterocycles. The minimum atomic E-state index is -5.85. The molecule has 0 saturated carbocycles. The Kier molecular flexibility index (Phi) is 25.1. The monoisotopic (exact) mass is 1640 g/mol. The predicted molar refractivity (Wildman–Crippen MR) is 418 cm³/mol. The summed E-state index contributed by atoms with van der Waals surface area (Å²) in [4.78, 5) is 147. The smallest absolute Gasteiger partial charge is 0.490 e. The Morgan fingerprint density at radius 1 is 0.672 bits per heavy atom. The van der Waals surface area contributed by atoms with E-state index in [0.717, 1.165) is 22.2 Å². The lowest BCUT2D eigenvalue weighted by molar-refractivity contribution is -0.496. The van der Waals surface area contributed by atoms with Gasteiger partial charge >= 0.3 is 35.4 Å². The van der Waals surface area contributed by atoms with E-state index in [4.69, 9.17) is 33.6 Å². The van der Waals surface area contributed by atoms with Crippen LogP contribution in [0.4, 0.5) is 11.6 Å². The average molecular weight is 1640 g/mol. The van der Waals surface area contributed by atoms with Crippen LogP contribution in [0.3, 0.4) is 0 Å². The number of nitrogens with two attached hydrogens (primary N) is 1. The fourth-order valence-corrected chi connectivity index (χ4v) is 16.4. The Hall–Kier alpha value is -12.5. The van der Waals surface area contributed by atoms with Crippen LogP contribution in [-0.2, 0) is 47.6 Å². The van der Waals surface area contributed by atoms with Crippen LogP contribution >= 0.6 is 23.5 Å². The number of phosphoric ester groups is 1. The highest BCUT2D eigenvalue weighted by atomic mass is 31.3. The lowest BCUT2D eigenvalue weighted by Crippen LogP contribution is -2.76. The number of hydrogen-bond donors (Lipinski definition) is 15. The van der Waals surface area contributed by atoms with Crippen molar-refractivity contribution in [1.29, 1.82) is 0 Å². The van der Waals surface area contributed by atoms with Crippen LogP contribution in [0.5, 0.6) is 11.6 Å². The number of unbranched alkanes of at least 4 members (excludes halogenated alkanes) is 2. The lowest BCUT2D eigenvalue weighted by Gasteiger charge is -2.20. The van der Waals surface area contributed by atoms with Gasteiger partial charge in [-0.2, -0.15) is 18.6 Å². The Bertz CT molecular complexity index is 6140. The van der Waals surface area contributed by atoms with Crippen LogP contribution in [0.25, 0.3) is 78.0 Å². The van der Waals surface area contributed by atoms with E-state index >= 15 is 0 Å². The van der Waals surface area contributed by atoms with E-state index in [9.17, 15) is 77.5 Å². The first-order chi connectivity index (χ1) is 55.2. The number of phenols is 1. The first-order valence-electron chi connectivity index (χ1n) is 35.9. The zero-order valence-electron chi connectivity index (χ0n) is 62.1. The highest BCUT2D eigenvalue weighted by Gasteiger charge is 2.44. The number of nitrogens with zero attached hydrogens (tertiary/aromatic N) is 4. The van der Waals surface area contributed by atoms with Gasteiger partial charge in [0.25, 0.3) is 11.8 Å². The first-order valence-corrected chi connectivity index (χ1v) is 40.4. The molecular weight excluding hydrogens is 1570 g/mol. The molecule has 5 heterocycles. The van der Waals surface area contributed by atoms with Crippen molar-refractivity contribution >= 4 is 104 Å². The van der Waals surface area contributed by atoms with Crippen molar-refractivity contribution in [2.24, 2.45) is 0 Å². The molecule has 2 aromatic heterocycles. The van der Waals surface area contributed by atoms with Gasteiger partial charge in [-0.25, -0.2) is 33.3 Å². The number of carboxylic acids is 2. The Labute approximate surface area is 658 Å². The summed E-state index contributed by atoms with van der Waals surface area (Å²) in [5.74, 6) is 5.56. The molecule has 1 fully saturated rings. The minimum Gasteiger partial charge on any atom is -0.508 e. The normalized spacial score (nSPS) is 14.9. The summed E-state index contributed by atoms with van der Waals surface area (Å²) in [6.07, 6.45) is -2.01. The van der Waals surface area contributed by atoms with Gasteiger partial charge in [0, 0.05) is 112 Å². The predicted octanol–water partition coefficient (Wildman–Crippen LogP) is 7.61. The van der Waals surface area contributed by atoms with Crippen LogP contribution in [-0.4, -0.2) is 140 Å². The maximum Gasteiger partial charge on any atom is 0.490 e. The Morgan fingerprint density at radius 3 is 2.03 bits per heavy atom. The molecule has 35 nitrogen and oxygen atoms in total. The van der Waals surface area contributed by atoms with Crippen molar-refractivity contribution in [3.05, 3.63) is 187 Å². The Morgan fingerprint density at radius 2 is 1.34 bits per heavy atom. The van der Waals surface area contributed by atoms with Gasteiger partial charge in [0.05, 0.1) is 30.3 Å². The summed E-state index contributed by atoms with van der Waals surface area (Å²) in [5, 5.41) is 58.6. The number of amides is 4. The van der Waals surface area contributed by atoms with Gasteiger partial charge in [0.2, 0.25) is 29.0 Å². The van der Waals surface area contributed by atoms with Gasteiger partial charge in [-0.15, -0.1) is 0 Å². The van der Waals surface area contributed by atoms with E-state index in [1.165, 1.54) is 65.2 Å². The number of ether oxygens (including phenoxy) is 1. The summed E-state index contributed by atoms with van der Waals surface area (Å²) < 4.78 is 67.4. The van der Waals surface area contributed by atoms with E-state index in [2.05, 4.69) is 78.8 Å². The molecule has 0 radical (unpaired) electrons. The molecule has 0 spiro atoms. The number of nitrogens with one attached hydrogen (secondary N) is 6. The van der Waals surface area contributed by atoms with Crippen molar-refractivity contribution in [2.75, 3.05) is 43.8 Å². The van der Waals surface area contributed by atoms with Gasteiger partial charge in [-0.1, -0.05) is 48.4 Å². The number of aryl methyl sites for hydroxylation is 2. The lowest BCUT2D eigenvalue weighted by atomic mass is 9.88. The number of benzene rings is 7. The second kappa shape index (κ2) is 35.1. The van der Waals surface area contributed by atoms with Crippen LogP contribution < -0.4 is 48.1 Å². The largest absolute Gasteiger partial charge is 0.508 e. The molecule has 5 aliphatic rings. The number of imidazole rings is 1. The minimum absolute atomic E-state index is 0.00851. The zero-order valence-corrected chi connectivity index (χ0v) is 64.8. The molecule has 2 aliphatic carbocycles. The highest BCUT2D eigenvalue weighted by Crippen LogP contribution is 2.67. The Balaban J connectivity index is 0.718. The molecule has 3 aliphatic heterocycles. The maximum absolute atomic E-state index is 14.6. The topological polar surface area (TPSA) is 539 Å². The third-order valence-electron chi connectivity index (χ3n) is 18.4. The van der Waals surface area contributed by atoms with Crippen LogP contribution in [0.2, 0.25) is 0 Å². The number of aromatic nitrogens is 4. The van der Waals surface area contributed by atoms with E-state index in [1.54, 1.807) is 36.4 Å². The first kappa shape index (κ1) is 83.0. The summed E-state index contributed by atoms with van der Waals surface area (Å²) >= 11 is 0. The van der Waals surface area contributed by atoms with Gasteiger partial charge in [-0.3, -0.25) is 33.1 Å². The van der Waals surface area contributed by atoms with Crippen molar-refractivity contribution in [3.8, 4) is 80.2 Å². The molecule has 16 N–H and O–H groups in total. The standard InChI is InChI=1S/C78H74N11O24P3/c1-5-80-57-39-62-55(32-41(57)3)69(56-33-42(4)58(81-6-2)40-63(56)109-62)50-24-20-46(36-54(50)77(99)100)73(94)85-59(34-44-17-15-43(16-18-44)12-10-31-83-72(93)45-19-23-49(53(35-45)76(97)98)68-51-25-21-47(90)37-60(51)108-61-38-48(91)22-26-52(61)68)74(95)84-29-9-7-8-14-65(92)82-30-11-13-64-86-70-71(87-78(79)88-75(70)96)89(64)66-27-28-67(110-66)111-115(104,105)113-116(106,107)112-114(101,102)103/h15-26,32-33,35-40,59,66-67,80,90H,5-9,14,27-31,34H2,1-4H3,(H,82,92)(H,83,93)(H,84,95)(H,85,94)(H,97,98)(H,99,100)(H,104,105)(H,106,107)(H2,101,102,103)(H3,79,87,88,96)/p+1/t59?,66-,67-/m1/s1. The van der Waals surface area contributed by atoms with Crippen LogP contribution in [0.15, 0.2) is 135 Å². The van der Waals surface area contributed by atoms with Gasteiger partial charge in [-0.05, 0) is 148 Å². The highest BCUT2D eigenvalue weighted by molar-refractivity contribution is 7.66. The molecular formula is C78H75N11O24P3+. The number of carboxylic acid groups (broad SMARTS) is 2. The van der Waals surface area contributed by atoms with Gasteiger partial charge in [0.15, 0.2) is 28.7 Å². The maximum atomic E-state index is 14.6. The number of aromatic carboxylic acids is 2. The molecule has 600 valence electrons. The van der Waals surface area contributed by atoms with Crippen molar-refractivity contribution in [3.63, 3.8) is 0 Å². The van der Waals surface area contributed by atoms with Gasteiger partial charge < -0.3 is 85.9 Å². The molecule has 0 bridgehead atoms. The molecule has 5 aromatic carbocycles. The summed E-state index contributed by atoms with van der Waals surface area (Å²) in [6.45, 7) is 8.73. The second-order valence-corrected chi connectivity index (χ2v) is 31.0. The number of fused-ring (bicyclic) bond motifs is 5. The number of phosphoric acid groups is 3. The number of carbonyl (C=O) groups is 6. The van der Waals surface area contributed by atoms with E-state index in [1.807, 2.05) is 52.0 Å². The third-order valence-corrected chi connectivity index (χ3v) is 22.2. The fourth-order valence-electron chi connectivity index (χ4n) is 13.3. The van der Waals surface area contributed by atoms with Crippen molar-refractivity contribution in [1.82, 2.24) is 40.8 Å². The quantitative estimate of drug-likeness (QED) is 0.00970. The molecule has 116 heavy (non-hydrogen) atoms. The number of hydrogen-bond acceptors (Lipinski definition) is 23. The van der Waals surface area contributed by atoms with E-state index in [-0.39, 0.29) is 113 Å². The molecule has 4 amide bonds. The summed E-state index contributed by atoms with van der Waals surface area (Å²) in [6, 6.07) is 29.9. The van der Waals surface area contributed by atoms with Crippen molar-refractivity contribution in [2.45, 2.75) is 91.2 Å². The number of nitrogen functional groups attached to an aromatic ring is 1. The summed E-state index contributed by atoms with van der Waals surface area (Å²) in [7, 11) is -17.1. The van der Waals surface area contributed by atoms with Gasteiger partial charge in [0.1, 0.15) is 47.3 Å². The second-order valence-electron chi connectivity index (χ2n) is 26.6. The third kappa shape index (κ3) is 19.7. The molecule has 12 rings (SSSR count). The number of phenolic OH excluding ortho intramolecular Hbond substituents is 1. The number of carbonyl (C=O) groups excluding carboxylic acids is 4. The fraction of sp³-hybridized carbons (Fsp3) is 0.244. The number of rotatable bonds is 28. The molecule has 7 aromatic rings. The number of aromatic hydroxyl groups is 2. The van der Waals surface area contributed by atoms with E-state index < -0.39 is 89.4 Å². The molecule has 38 heteroatoms. The van der Waals surface area contributed by atoms with Crippen LogP contribution in [0.1, 0.15) is 128 Å².